The molecule has 0 saturated carbocycles. The molecule has 156 valence electrons. The standard InChI is InChI=1S/C22H29N3O3S/c26-22-18(16-24-10-4-5-11-24)14-20(15-19(22)17-25-12-6-7-13-25)23-29(27,28)21-8-2-1-3-9-21/h1-3,8-9,14-15,23,26H,4-7,10-13,16-17H2. The van der Waals surface area contributed by atoms with Crippen LogP contribution in [0.25, 0.3) is 0 Å². The molecule has 7 heteroatoms. The van der Waals surface area contributed by atoms with Crippen LogP contribution in [0.5, 0.6) is 5.75 Å². The minimum Gasteiger partial charge on any atom is -0.507 e. The van der Waals surface area contributed by atoms with E-state index in [0.29, 0.717) is 24.5 Å². The molecule has 2 aliphatic rings. The predicted octanol–water partition coefficient (Wildman–Crippen LogP) is 3.38. The number of nitrogens with zero attached hydrogens (tertiary/aromatic N) is 2. The maximum atomic E-state index is 12.8. The zero-order chi connectivity index (χ0) is 20.3. The smallest absolute Gasteiger partial charge is 0.261 e. The van der Waals surface area contributed by atoms with Crippen molar-refractivity contribution in [3.05, 3.63) is 53.6 Å². The summed E-state index contributed by atoms with van der Waals surface area (Å²) < 4.78 is 28.3. The minimum atomic E-state index is -3.67. The number of likely N-dealkylation sites (tertiary alicyclic amines) is 2. The summed E-state index contributed by atoms with van der Waals surface area (Å²) in [5.41, 5.74) is 2.08. The first-order valence-electron chi connectivity index (χ1n) is 10.4. The Bertz CT molecular complexity index is 896. The molecule has 2 aromatic rings. The molecular weight excluding hydrogens is 386 g/mol. The molecule has 0 spiro atoms. The van der Waals surface area contributed by atoms with Gasteiger partial charge in [-0.2, -0.15) is 0 Å². The number of phenols is 1. The van der Waals surface area contributed by atoms with E-state index >= 15 is 0 Å². The fourth-order valence-corrected chi connectivity index (χ4v) is 5.30. The SMILES string of the molecule is O=S(=O)(Nc1cc(CN2CCCC2)c(O)c(CN2CCCC2)c1)c1ccccc1. The molecule has 0 amide bonds. The van der Waals surface area contributed by atoms with Crippen LogP contribution in [0, 0.1) is 0 Å². The van der Waals surface area contributed by atoms with Gasteiger partial charge < -0.3 is 5.11 Å². The van der Waals surface area contributed by atoms with E-state index < -0.39 is 10.0 Å². The Morgan fingerprint density at radius 3 is 1.79 bits per heavy atom. The van der Waals surface area contributed by atoms with Crippen molar-refractivity contribution in [3.8, 4) is 5.75 Å². The van der Waals surface area contributed by atoms with Gasteiger partial charge in [0.15, 0.2) is 0 Å². The average Bonchev–Trinajstić information content (AvgIpc) is 3.40. The minimum absolute atomic E-state index is 0.232. The van der Waals surface area contributed by atoms with E-state index in [2.05, 4.69) is 14.5 Å². The van der Waals surface area contributed by atoms with E-state index in [4.69, 9.17) is 0 Å². The van der Waals surface area contributed by atoms with E-state index in [1.165, 1.54) is 25.7 Å². The summed E-state index contributed by atoms with van der Waals surface area (Å²) in [5.74, 6) is 0.298. The molecule has 29 heavy (non-hydrogen) atoms. The van der Waals surface area contributed by atoms with Gasteiger partial charge in [-0.3, -0.25) is 14.5 Å². The van der Waals surface area contributed by atoms with Crippen molar-refractivity contribution in [2.45, 2.75) is 43.7 Å². The van der Waals surface area contributed by atoms with Gasteiger partial charge in [0, 0.05) is 29.9 Å². The van der Waals surface area contributed by atoms with Gasteiger partial charge in [0.05, 0.1) is 4.90 Å². The zero-order valence-electron chi connectivity index (χ0n) is 16.7. The second kappa shape index (κ2) is 8.73. The van der Waals surface area contributed by atoms with Gasteiger partial charge in [-0.25, -0.2) is 8.42 Å². The molecule has 0 aliphatic carbocycles. The highest BCUT2D eigenvalue weighted by atomic mass is 32.2. The number of hydrogen-bond donors (Lipinski definition) is 2. The van der Waals surface area contributed by atoms with Crippen molar-refractivity contribution in [2.75, 3.05) is 30.9 Å². The Labute approximate surface area is 173 Å². The fraction of sp³-hybridized carbons (Fsp3) is 0.455. The van der Waals surface area contributed by atoms with Crippen LogP contribution >= 0.6 is 0 Å². The van der Waals surface area contributed by atoms with Gasteiger partial charge in [0.2, 0.25) is 0 Å². The van der Waals surface area contributed by atoms with E-state index in [0.717, 1.165) is 37.3 Å². The third-order valence-corrected chi connectivity index (χ3v) is 7.16. The molecule has 2 aliphatic heterocycles. The summed E-state index contributed by atoms with van der Waals surface area (Å²) in [5, 5.41) is 10.9. The summed E-state index contributed by atoms with van der Waals surface area (Å²) in [6.07, 6.45) is 4.67. The maximum Gasteiger partial charge on any atom is 0.261 e. The van der Waals surface area contributed by atoms with Crippen molar-refractivity contribution in [3.63, 3.8) is 0 Å². The number of rotatable bonds is 7. The van der Waals surface area contributed by atoms with Gasteiger partial charge in [0.1, 0.15) is 5.75 Å². The molecule has 6 nitrogen and oxygen atoms in total. The fourth-order valence-electron chi connectivity index (χ4n) is 4.24. The van der Waals surface area contributed by atoms with E-state index in [9.17, 15) is 13.5 Å². The number of aromatic hydroxyl groups is 1. The molecule has 2 aromatic carbocycles. The summed E-state index contributed by atoms with van der Waals surface area (Å²) >= 11 is 0. The van der Waals surface area contributed by atoms with Crippen LogP contribution < -0.4 is 4.72 Å². The lowest BCUT2D eigenvalue weighted by Gasteiger charge is -2.21. The molecule has 4 rings (SSSR count). The van der Waals surface area contributed by atoms with Gasteiger partial charge >= 0.3 is 0 Å². The van der Waals surface area contributed by atoms with Crippen LogP contribution in [0.1, 0.15) is 36.8 Å². The molecule has 0 radical (unpaired) electrons. The summed E-state index contributed by atoms with van der Waals surface area (Å²) in [7, 11) is -3.67. The maximum absolute atomic E-state index is 12.8. The molecular formula is C22H29N3O3S. The third-order valence-electron chi connectivity index (χ3n) is 5.76. The highest BCUT2D eigenvalue weighted by Crippen LogP contribution is 2.32. The quantitative estimate of drug-likeness (QED) is 0.678. The summed E-state index contributed by atoms with van der Waals surface area (Å²) in [4.78, 5) is 4.85. The zero-order valence-corrected chi connectivity index (χ0v) is 17.5. The van der Waals surface area contributed by atoms with Gasteiger partial charge in [-0.15, -0.1) is 0 Å². The number of sulfonamides is 1. The number of anilines is 1. The van der Waals surface area contributed by atoms with Crippen LogP contribution in [0.15, 0.2) is 47.4 Å². The molecule has 2 saturated heterocycles. The molecule has 0 atom stereocenters. The normalized spacial score (nSPS) is 18.3. The Hall–Kier alpha value is -2.09. The van der Waals surface area contributed by atoms with Crippen LogP contribution in [0.4, 0.5) is 5.69 Å². The second-order valence-corrected chi connectivity index (χ2v) is 9.71. The number of phenolic OH excluding ortho intramolecular Hbond substituents is 1. The molecule has 2 fully saturated rings. The largest absolute Gasteiger partial charge is 0.507 e. The molecule has 2 N–H and O–H groups in total. The highest BCUT2D eigenvalue weighted by molar-refractivity contribution is 7.92. The lowest BCUT2D eigenvalue weighted by atomic mass is 10.1. The van der Waals surface area contributed by atoms with Crippen LogP contribution in [0.2, 0.25) is 0 Å². The molecule has 0 bridgehead atoms. The van der Waals surface area contributed by atoms with Crippen LogP contribution in [0.3, 0.4) is 0 Å². The monoisotopic (exact) mass is 415 g/mol. The summed E-state index contributed by atoms with van der Waals surface area (Å²) in [6, 6.07) is 11.9. The van der Waals surface area contributed by atoms with Crippen molar-refractivity contribution >= 4 is 15.7 Å². The van der Waals surface area contributed by atoms with Crippen LogP contribution in [-0.4, -0.2) is 49.5 Å². The lowest BCUT2D eigenvalue weighted by Crippen LogP contribution is -2.21. The first-order chi connectivity index (χ1) is 14.0. The van der Waals surface area contributed by atoms with Gasteiger partial charge in [-0.05, 0) is 76.1 Å². The number of nitrogens with one attached hydrogen (secondary N) is 1. The molecule has 2 heterocycles. The van der Waals surface area contributed by atoms with Crippen LogP contribution in [-0.2, 0) is 23.1 Å². The number of hydrogen-bond acceptors (Lipinski definition) is 5. The average molecular weight is 416 g/mol. The number of benzene rings is 2. The first kappa shape index (κ1) is 20.2. The summed E-state index contributed by atoms with van der Waals surface area (Å²) in [6.45, 7) is 5.34. The van der Waals surface area contributed by atoms with E-state index in [1.54, 1.807) is 42.5 Å². The van der Waals surface area contributed by atoms with E-state index in [1.807, 2.05) is 0 Å². The van der Waals surface area contributed by atoms with Crippen molar-refractivity contribution < 1.29 is 13.5 Å². The topological polar surface area (TPSA) is 72.9 Å². The lowest BCUT2D eigenvalue weighted by molar-refractivity contribution is 0.312. The van der Waals surface area contributed by atoms with Gasteiger partial charge in [0.25, 0.3) is 10.0 Å². The van der Waals surface area contributed by atoms with Crippen molar-refractivity contribution in [1.82, 2.24) is 9.80 Å². The Morgan fingerprint density at radius 2 is 1.31 bits per heavy atom. The highest BCUT2D eigenvalue weighted by Gasteiger charge is 2.21. The Kier molecular flexibility index (Phi) is 6.08. The predicted molar refractivity (Wildman–Crippen MR) is 114 cm³/mol. The Balaban J connectivity index is 1.64. The molecule has 0 aromatic heterocycles. The van der Waals surface area contributed by atoms with Crippen molar-refractivity contribution in [2.24, 2.45) is 0 Å². The first-order valence-corrected chi connectivity index (χ1v) is 11.9. The Morgan fingerprint density at radius 1 is 0.828 bits per heavy atom. The van der Waals surface area contributed by atoms with E-state index in [-0.39, 0.29) is 4.90 Å². The third kappa shape index (κ3) is 4.91. The van der Waals surface area contributed by atoms with Gasteiger partial charge in [-0.1, -0.05) is 18.2 Å². The van der Waals surface area contributed by atoms with Crippen molar-refractivity contribution in [1.29, 1.82) is 0 Å². The molecule has 0 unspecified atom stereocenters. The second-order valence-electron chi connectivity index (χ2n) is 8.03.